The standard InChI is InChI=1S/C26H33FN4O2/c27-21-12-10-20(11-13-21)24(25(28)32)29-26(33)22-8-4-5-9-23(22)31-16-14-30(15-17-31)18-19-6-2-1-3-7-19/h1-3,6-7,10-13,22-24H,4-5,8-9,14-18H2,(H2,28,32)(H,29,33)/t22-,23-,24?/m0/s1. The second-order valence-electron chi connectivity index (χ2n) is 9.15. The predicted octanol–water partition coefficient (Wildman–Crippen LogP) is 2.84. The van der Waals surface area contributed by atoms with Crippen molar-refractivity contribution in [3.05, 3.63) is 71.5 Å². The van der Waals surface area contributed by atoms with Crippen LogP contribution >= 0.6 is 0 Å². The van der Waals surface area contributed by atoms with Gasteiger partial charge in [-0.15, -0.1) is 0 Å². The highest BCUT2D eigenvalue weighted by Gasteiger charge is 2.37. The number of primary amides is 1. The molecular formula is C26H33FN4O2. The Morgan fingerprint density at radius 3 is 2.30 bits per heavy atom. The van der Waals surface area contributed by atoms with E-state index < -0.39 is 17.8 Å². The Morgan fingerprint density at radius 1 is 0.970 bits per heavy atom. The first-order valence-corrected chi connectivity index (χ1v) is 11.9. The van der Waals surface area contributed by atoms with Crippen LogP contribution in [0.4, 0.5) is 4.39 Å². The van der Waals surface area contributed by atoms with E-state index in [2.05, 4.69) is 39.4 Å². The molecular weight excluding hydrogens is 419 g/mol. The van der Waals surface area contributed by atoms with Crippen LogP contribution in [0.25, 0.3) is 0 Å². The molecule has 0 radical (unpaired) electrons. The number of nitrogens with zero attached hydrogens (tertiary/aromatic N) is 2. The number of halogens is 1. The van der Waals surface area contributed by atoms with Gasteiger partial charge in [0.2, 0.25) is 11.8 Å². The molecule has 1 saturated carbocycles. The zero-order chi connectivity index (χ0) is 23.2. The molecule has 2 fully saturated rings. The highest BCUT2D eigenvalue weighted by atomic mass is 19.1. The summed E-state index contributed by atoms with van der Waals surface area (Å²) in [7, 11) is 0. The number of nitrogens with one attached hydrogen (secondary N) is 1. The molecule has 3 atom stereocenters. The van der Waals surface area contributed by atoms with E-state index in [0.717, 1.165) is 58.4 Å². The summed E-state index contributed by atoms with van der Waals surface area (Å²) in [6.07, 6.45) is 3.89. The van der Waals surface area contributed by atoms with Gasteiger partial charge in [0.25, 0.3) is 0 Å². The minimum atomic E-state index is -0.955. The van der Waals surface area contributed by atoms with Crippen LogP contribution in [-0.4, -0.2) is 53.8 Å². The molecule has 0 bridgehead atoms. The summed E-state index contributed by atoms with van der Waals surface area (Å²) in [4.78, 5) is 30.3. The molecule has 7 heteroatoms. The third-order valence-electron chi connectivity index (χ3n) is 6.97. The highest BCUT2D eigenvalue weighted by Crippen LogP contribution is 2.30. The Bertz CT molecular complexity index is 929. The predicted molar refractivity (Wildman–Crippen MR) is 126 cm³/mol. The van der Waals surface area contributed by atoms with E-state index in [1.54, 1.807) is 0 Å². The lowest BCUT2D eigenvalue weighted by Crippen LogP contribution is -2.55. The molecule has 0 spiro atoms. The molecule has 1 aliphatic heterocycles. The monoisotopic (exact) mass is 452 g/mol. The van der Waals surface area contributed by atoms with Gasteiger partial charge >= 0.3 is 0 Å². The first-order valence-electron chi connectivity index (χ1n) is 11.9. The summed E-state index contributed by atoms with van der Waals surface area (Å²) < 4.78 is 13.3. The second kappa shape index (κ2) is 10.9. The normalized spacial score (nSPS) is 23.1. The molecule has 3 N–H and O–H groups in total. The average molecular weight is 453 g/mol. The quantitative estimate of drug-likeness (QED) is 0.677. The molecule has 1 unspecified atom stereocenters. The van der Waals surface area contributed by atoms with Crippen LogP contribution in [0, 0.1) is 11.7 Å². The van der Waals surface area contributed by atoms with Gasteiger partial charge in [-0.05, 0) is 36.1 Å². The number of rotatable bonds is 7. The number of benzene rings is 2. The van der Waals surface area contributed by atoms with Crippen LogP contribution < -0.4 is 11.1 Å². The van der Waals surface area contributed by atoms with Gasteiger partial charge in [-0.25, -0.2) is 4.39 Å². The second-order valence-corrected chi connectivity index (χ2v) is 9.15. The van der Waals surface area contributed by atoms with Gasteiger partial charge in [0.1, 0.15) is 11.9 Å². The number of hydrogen-bond donors (Lipinski definition) is 2. The number of amides is 2. The molecule has 6 nitrogen and oxygen atoms in total. The highest BCUT2D eigenvalue weighted by molar-refractivity contribution is 5.88. The van der Waals surface area contributed by atoms with Crippen molar-refractivity contribution in [3.8, 4) is 0 Å². The number of piperazine rings is 1. The number of nitrogens with two attached hydrogens (primary N) is 1. The summed E-state index contributed by atoms with van der Waals surface area (Å²) in [5, 5.41) is 2.86. The Labute approximate surface area is 194 Å². The van der Waals surface area contributed by atoms with Crippen molar-refractivity contribution in [2.24, 2.45) is 11.7 Å². The summed E-state index contributed by atoms with van der Waals surface area (Å²) in [6.45, 7) is 4.75. The van der Waals surface area contributed by atoms with Gasteiger partial charge in [0.05, 0.1) is 5.92 Å². The lowest BCUT2D eigenvalue weighted by molar-refractivity contribution is -0.133. The van der Waals surface area contributed by atoms with Crippen molar-refractivity contribution in [2.45, 2.75) is 44.3 Å². The van der Waals surface area contributed by atoms with Gasteiger partial charge in [0, 0.05) is 38.8 Å². The Hall–Kier alpha value is -2.77. The third kappa shape index (κ3) is 5.97. The molecule has 33 heavy (non-hydrogen) atoms. The maximum absolute atomic E-state index is 13.3. The lowest BCUT2D eigenvalue weighted by atomic mass is 9.82. The molecule has 2 aromatic carbocycles. The van der Waals surface area contributed by atoms with Crippen molar-refractivity contribution in [3.63, 3.8) is 0 Å². The van der Waals surface area contributed by atoms with E-state index in [9.17, 15) is 14.0 Å². The smallest absolute Gasteiger partial charge is 0.244 e. The number of hydrogen-bond acceptors (Lipinski definition) is 4. The molecule has 2 aromatic rings. The van der Waals surface area contributed by atoms with Crippen molar-refractivity contribution >= 4 is 11.8 Å². The lowest BCUT2D eigenvalue weighted by Gasteiger charge is -2.44. The van der Waals surface area contributed by atoms with Crippen molar-refractivity contribution in [1.82, 2.24) is 15.1 Å². The van der Waals surface area contributed by atoms with Crippen LogP contribution in [0.15, 0.2) is 54.6 Å². The fourth-order valence-electron chi connectivity index (χ4n) is 5.17. The topological polar surface area (TPSA) is 78.7 Å². The minimum absolute atomic E-state index is 0.139. The van der Waals surface area contributed by atoms with Gasteiger partial charge in [-0.1, -0.05) is 55.3 Å². The van der Waals surface area contributed by atoms with E-state index in [1.165, 1.54) is 29.8 Å². The van der Waals surface area contributed by atoms with Crippen LogP contribution in [-0.2, 0) is 16.1 Å². The number of carbonyl (C=O) groups excluding carboxylic acids is 2. The number of carbonyl (C=O) groups is 2. The van der Waals surface area contributed by atoms with E-state index in [-0.39, 0.29) is 17.9 Å². The first-order chi connectivity index (χ1) is 16.0. The van der Waals surface area contributed by atoms with Gasteiger partial charge in [-0.2, -0.15) is 0 Å². The fourth-order valence-corrected chi connectivity index (χ4v) is 5.17. The van der Waals surface area contributed by atoms with E-state index in [4.69, 9.17) is 5.73 Å². The van der Waals surface area contributed by atoms with Crippen LogP contribution in [0.2, 0.25) is 0 Å². The molecule has 0 aromatic heterocycles. The summed E-state index contributed by atoms with van der Waals surface area (Å²) in [6, 6.07) is 15.2. The molecule has 4 rings (SSSR count). The van der Waals surface area contributed by atoms with Gasteiger partial charge in [0.15, 0.2) is 0 Å². The van der Waals surface area contributed by atoms with Crippen LogP contribution in [0.3, 0.4) is 0 Å². The maximum atomic E-state index is 13.3. The van der Waals surface area contributed by atoms with E-state index in [1.807, 2.05) is 6.07 Å². The Balaban J connectivity index is 1.38. The zero-order valence-electron chi connectivity index (χ0n) is 19.0. The Morgan fingerprint density at radius 2 is 1.64 bits per heavy atom. The molecule has 2 aliphatic rings. The van der Waals surface area contributed by atoms with E-state index >= 15 is 0 Å². The van der Waals surface area contributed by atoms with Crippen LogP contribution in [0.5, 0.6) is 0 Å². The summed E-state index contributed by atoms with van der Waals surface area (Å²) in [5.41, 5.74) is 7.40. The van der Waals surface area contributed by atoms with Crippen LogP contribution in [0.1, 0.15) is 42.9 Å². The molecule has 1 aliphatic carbocycles. The van der Waals surface area contributed by atoms with Crippen molar-refractivity contribution < 1.29 is 14.0 Å². The minimum Gasteiger partial charge on any atom is -0.368 e. The van der Waals surface area contributed by atoms with Crippen molar-refractivity contribution in [2.75, 3.05) is 26.2 Å². The largest absolute Gasteiger partial charge is 0.368 e. The summed E-state index contributed by atoms with van der Waals surface area (Å²) in [5.74, 6) is -1.36. The van der Waals surface area contributed by atoms with Gasteiger partial charge < -0.3 is 11.1 Å². The molecule has 2 amide bonds. The zero-order valence-corrected chi connectivity index (χ0v) is 19.0. The van der Waals surface area contributed by atoms with Crippen molar-refractivity contribution in [1.29, 1.82) is 0 Å². The SMILES string of the molecule is NC(=O)C(NC(=O)[C@H]1CCCC[C@@H]1N1CCN(Cc2ccccc2)CC1)c1ccc(F)cc1. The van der Waals surface area contributed by atoms with E-state index in [0.29, 0.717) is 5.56 Å². The molecule has 1 saturated heterocycles. The van der Waals surface area contributed by atoms with Gasteiger partial charge in [-0.3, -0.25) is 19.4 Å². The third-order valence-corrected chi connectivity index (χ3v) is 6.97. The maximum Gasteiger partial charge on any atom is 0.244 e. The average Bonchev–Trinajstić information content (AvgIpc) is 2.84. The Kier molecular flexibility index (Phi) is 7.73. The molecule has 1 heterocycles. The molecule has 176 valence electrons. The summed E-state index contributed by atoms with van der Waals surface area (Å²) >= 11 is 0. The first kappa shape index (κ1) is 23.4. The fraction of sp³-hybridized carbons (Fsp3) is 0.462.